The number of amides is 2. The van der Waals surface area contributed by atoms with Crippen molar-refractivity contribution in [1.82, 2.24) is 4.90 Å². The van der Waals surface area contributed by atoms with Gasteiger partial charge in [-0.25, -0.2) is 0 Å². The zero-order chi connectivity index (χ0) is 21.6. The Morgan fingerprint density at radius 2 is 1.32 bits per heavy atom. The van der Waals surface area contributed by atoms with Gasteiger partial charge in [0.2, 0.25) is 0 Å². The third kappa shape index (κ3) is 5.30. The Bertz CT molecular complexity index is 882. The first-order valence-corrected chi connectivity index (χ1v) is 12.0. The number of rotatable bonds is 5. The first-order chi connectivity index (χ1) is 15.1. The minimum absolute atomic E-state index is 0.141. The average Bonchev–Trinajstić information content (AvgIpc) is 2.81. The van der Waals surface area contributed by atoms with Crippen LogP contribution in [0.15, 0.2) is 48.5 Å². The van der Waals surface area contributed by atoms with Crippen LogP contribution in [0.5, 0.6) is 0 Å². The summed E-state index contributed by atoms with van der Waals surface area (Å²) in [6.07, 6.45) is 11.9. The molecule has 4 rings (SSSR count). The van der Waals surface area contributed by atoms with E-state index in [0.717, 1.165) is 25.7 Å². The Morgan fingerprint density at radius 3 is 1.87 bits per heavy atom. The largest absolute Gasteiger partial charge is 0.333 e. The third-order valence-electron chi connectivity index (χ3n) is 6.68. The normalized spacial score (nSPS) is 17.8. The summed E-state index contributed by atoms with van der Waals surface area (Å²) >= 11 is 6.12. The van der Waals surface area contributed by atoms with Crippen molar-refractivity contribution >= 4 is 29.1 Å². The van der Waals surface area contributed by atoms with E-state index in [9.17, 15) is 9.59 Å². The van der Waals surface area contributed by atoms with Gasteiger partial charge >= 0.3 is 0 Å². The summed E-state index contributed by atoms with van der Waals surface area (Å²) in [4.78, 5) is 28.3. The van der Waals surface area contributed by atoms with Gasteiger partial charge in [0.25, 0.3) is 11.8 Å². The SMILES string of the molecule is O=C(Nc1ccc(C(=O)N(C2CCCCC2)C2CCCCC2)cc1)c1ccccc1Cl. The van der Waals surface area contributed by atoms with Gasteiger partial charge in [0, 0.05) is 23.3 Å². The molecule has 2 saturated carbocycles. The molecule has 2 aromatic rings. The smallest absolute Gasteiger partial charge is 0.257 e. The summed E-state index contributed by atoms with van der Waals surface area (Å²) in [6, 6.07) is 15.0. The van der Waals surface area contributed by atoms with Gasteiger partial charge in [-0.3, -0.25) is 9.59 Å². The van der Waals surface area contributed by atoms with E-state index in [1.165, 1.54) is 38.5 Å². The molecule has 0 aliphatic heterocycles. The lowest BCUT2D eigenvalue weighted by Crippen LogP contribution is -2.48. The Balaban J connectivity index is 1.48. The zero-order valence-corrected chi connectivity index (χ0v) is 18.7. The van der Waals surface area contributed by atoms with Gasteiger partial charge in [-0.05, 0) is 62.1 Å². The zero-order valence-electron chi connectivity index (χ0n) is 18.0. The van der Waals surface area contributed by atoms with Crippen molar-refractivity contribution in [3.63, 3.8) is 0 Å². The van der Waals surface area contributed by atoms with Gasteiger partial charge < -0.3 is 10.2 Å². The molecule has 0 aromatic heterocycles. The highest BCUT2D eigenvalue weighted by Crippen LogP contribution is 2.31. The molecule has 2 aromatic carbocycles. The maximum atomic E-state index is 13.6. The van der Waals surface area contributed by atoms with E-state index < -0.39 is 0 Å². The van der Waals surface area contributed by atoms with Crippen molar-refractivity contribution in [2.45, 2.75) is 76.3 Å². The van der Waals surface area contributed by atoms with E-state index in [4.69, 9.17) is 11.6 Å². The van der Waals surface area contributed by atoms with Crippen LogP contribution in [0, 0.1) is 0 Å². The van der Waals surface area contributed by atoms with Crippen LogP contribution in [0.3, 0.4) is 0 Å². The van der Waals surface area contributed by atoms with Crippen LogP contribution in [-0.2, 0) is 0 Å². The molecule has 0 bridgehead atoms. The molecule has 0 unspecified atom stereocenters. The minimum atomic E-state index is -0.254. The van der Waals surface area contributed by atoms with E-state index in [1.54, 1.807) is 24.3 Å². The fourth-order valence-electron chi connectivity index (χ4n) is 5.04. The lowest BCUT2D eigenvalue weighted by molar-refractivity contribution is 0.0448. The molecule has 0 spiro atoms. The molecule has 2 aliphatic carbocycles. The third-order valence-corrected chi connectivity index (χ3v) is 7.01. The molecule has 31 heavy (non-hydrogen) atoms. The second-order valence-corrected chi connectivity index (χ2v) is 9.21. The molecular weight excluding hydrogens is 408 g/mol. The summed E-state index contributed by atoms with van der Waals surface area (Å²) in [5.41, 5.74) is 1.79. The standard InChI is InChI=1S/C26H31ClN2O2/c27-24-14-8-7-13-23(24)25(30)28-20-17-15-19(16-18-20)26(31)29(21-9-3-1-4-10-21)22-11-5-2-6-12-22/h7-8,13-18,21-22H,1-6,9-12H2,(H,28,30). The number of carbonyl (C=O) groups is 2. The molecule has 0 heterocycles. The molecule has 4 nitrogen and oxygen atoms in total. The Labute approximate surface area is 190 Å². The maximum Gasteiger partial charge on any atom is 0.257 e. The van der Waals surface area contributed by atoms with E-state index in [0.29, 0.717) is 33.9 Å². The molecular formula is C26H31ClN2O2. The first-order valence-electron chi connectivity index (χ1n) is 11.6. The summed E-state index contributed by atoms with van der Waals surface area (Å²) < 4.78 is 0. The lowest BCUT2D eigenvalue weighted by atomic mass is 9.88. The van der Waals surface area contributed by atoms with Gasteiger partial charge in [-0.2, -0.15) is 0 Å². The molecule has 0 radical (unpaired) electrons. The van der Waals surface area contributed by atoms with Crippen molar-refractivity contribution in [1.29, 1.82) is 0 Å². The highest BCUT2D eigenvalue weighted by Gasteiger charge is 2.32. The second-order valence-electron chi connectivity index (χ2n) is 8.81. The van der Waals surface area contributed by atoms with Gasteiger partial charge in [-0.1, -0.05) is 62.3 Å². The van der Waals surface area contributed by atoms with Crippen LogP contribution in [-0.4, -0.2) is 28.8 Å². The van der Waals surface area contributed by atoms with Crippen molar-refractivity contribution in [2.24, 2.45) is 0 Å². The predicted molar refractivity (Wildman–Crippen MR) is 126 cm³/mol. The van der Waals surface area contributed by atoms with Crippen LogP contribution in [0.2, 0.25) is 5.02 Å². The van der Waals surface area contributed by atoms with Crippen LogP contribution >= 0.6 is 11.6 Å². The summed E-state index contributed by atoms with van der Waals surface area (Å²) in [5.74, 6) is -0.113. The molecule has 2 fully saturated rings. The molecule has 2 amide bonds. The first kappa shape index (κ1) is 21.9. The number of benzene rings is 2. The van der Waals surface area contributed by atoms with E-state index in [-0.39, 0.29) is 11.8 Å². The summed E-state index contributed by atoms with van der Waals surface area (Å²) in [5, 5.41) is 3.29. The Hall–Kier alpha value is -2.33. The average molecular weight is 439 g/mol. The van der Waals surface area contributed by atoms with Crippen LogP contribution < -0.4 is 5.32 Å². The number of halogens is 1. The van der Waals surface area contributed by atoms with Crippen molar-refractivity contribution in [3.05, 3.63) is 64.7 Å². The van der Waals surface area contributed by atoms with E-state index >= 15 is 0 Å². The van der Waals surface area contributed by atoms with Gasteiger partial charge in [0.1, 0.15) is 0 Å². The minimum Gasteiger partial charge on any atom is -0.333 e. The van der Waals surface area contributed by atoms with Crippen molar-refractivity contribution < 1.29 is 9.59 Å². The number of nitrogens with zero attached hydrogens (tertiary/aromatic N) is 1. The van der Waals surface area contributed by atoms with Gasteiger partial charge in [0.15, 0.2) is 0 Å². The molecule has 0 saturated heterocycles. The Kier molecular flexibility index (Phi) is 7.29. The predicted octanol–water partition coefficient (Wildman–Crippen LogP) is 6.70. The number of hydrogen-bond donors (Lipinski definition) is 1. The fraction of sp³-hybridized carbons (Fsp3) is 0.462. The number of hydrogen-bond acceptors (Lipinski definition) is 2. The molecule has 1 N–H and O–H groups in total. The fourth-order valence-corrected chi connectivity index (χ4v) is 5.26. The number of anilines is 1. The molecule has 2 aliphatic rings. The van der Waals surface area contributed by atoms with Crippen LogP contribution in [0.25, 0.3) is 0 Å². The highest BCUT2D eigenvalue weighted by atomic mass is 35.5. The lowest BCUT2D eigenvalue weighted by Gasteiger charge is -2.42. The second kappa shape index (κ2) is 10.3. The van der Waals surface area contributed by atoms with Gasteiger partial charge in [-0.15, -0.1) is 0 Å². The number of carbonyl (C=O) groups excluding carboxylic acids is 2. The molecule has 0 atom stereocenters. The van der Waals surface area contributed by atoms with Crippen molar-refractivity contribution in [3.8, 4) is 0 Å². The molecule has 5 heteroatoms. The quantitative estimate of drug-likeness (QED) is 0.564. The van der Waals surface area contributed by atoms with E-state index in [2.05, 4.69) is 10.2 Å². The van der Waals surface area contributed by atoms with Gasteiger partial charge in [0.05, 0.1) is 10.6 Å². The molecule has 164 valence electrons. The van der Waals surface area contributed by atoms with E-state index in [1.807, 2.05) is 24.3 Å². The summed E-state index contributed by atoms with van der Waals surface area (Å²) in [7, 11) is 0. The summed E-state index contributed by atoms with van der Waals surface area (Å²) in [6.45, 7) is 0. The topological polar surface area (TPSA) is 49.4 Å². The number of nitrogens with one attached hydrogen (secondary N) is 1. The van der Waals surface area contributed by atoms with Crippen LogP contribution in [0.1, 0.15) is 84.9 Å². The highest BCUT2D eigenvalue weighted by molar-refractivity contribution is 6.34. The Morgan fingerprint density at radius 1 is 0.774 bits per heavy atom. The van der Waals surface area contributed by atoms with Crippen molar-refractivity contribution in [2.75, 3.05) is 5.32 Å². The monoisotopic (exact) mass is 438 g/mol. The van der Waals surface area contributed by atoms with Crippen LogP contribution in [0.4, 0.5) is 5.69 Å². The maximum absolute atomic E-state index is 13.6.